The highest BCUT2D eigenvalue weighted by Crippen LogP contribution is 2.42. The maximum atomic E-state index is 12.8. The summed E-state index contributed by atoms with van der Waals surface area (Å²) in [5.74, 6) is -0.119. The Hall–Kier alpha value is -2.94. The molecule has 1 N–H and O–H groups in total. The molecular formula is C19H13ClF3NO5. The van der Waals surface area contributed by atoms with Crippen LogP contribution in [0.1, 0.15) is 23.5 Å². The lowest BCUT2D eigenvalue weighted by Gasteiger charge is -2.28. The molecule has 1 saturated heterocycles. The van der Waals surface area contributed by atoms with Gasteiger partial charge in [0.2, 0.25) is 0 Å². The van der Waals surface area contributed by atoms with Gasteiger partial charge in [0.25, 0.3) is 5.91 Å². The monoisotopic (exact) mass is 427 g/mol. The van der Waals surface area contributed by atoms with Crippen LogP contribution in [0.3, 0.4) is 0 Å². The Morgan fingerprint density at radius 2 is 1.93 bits per heavy atom. The molecule has 2 atom stereocenters. The van der Waals surface area contributed by atoms with Crippen LogP contribution in [0.2, 0.25) is 5.02 Å². The minimum atomic E-state index is -4.51. The van der Waals surface area contributed by atoms with Gasteiger partial charge in [-0.25, -0.2) is 4.79 Å². The molecule has 1 unspecified atom stereocenters. The van der Waals surface area contributed by atoms with E-state index in [2.05, 4.69) is 5.32 Å². The molecular weight excluding hydrogens is 415 g/mol. The molecule has 2 aromatic carbocycles. The van der Waals surface area contributed by atoms with Crippen LogP contribution in [0.25, 0.3) is 0 Å². The second-order valence-electron chi connectivity index (χ2n) is 6.50. The lowest BCUT2D eigenvalue weighted by molar-refractivity contribution is -0.137. The van der Waals surface area contributed by atoms with Crippen molar-refractivity contribution >= 4 is 23.6 Å². The van der Waals surface area contributed by atoms with Gasteiger partial charge in [-0.1, -0.05) is 17.7 Å². The van der Waals surface area contributed by atoms with Gasteiger partial charge in [0.1, 0.15) is 17.2 Å². The zero-order valence-corrected chi connectivity index (χ0v) is 15.3. The third kappa shape index (κ3) is 3.82. The number of carbonyl (C=O) groups is 2. The van der Waals surface area contributed by atoms with E-state index < -0.39 is 29.8 Å². The van der Waals surface area contributed by atoms with Crippen LogP contribution < -0.4 is 14.8 Å². The fourth-order valence-corrected chi connectivity index (χ4v) is 3.52. The van der Waals surface area contributed by atoms with E-state index in [1.807, 2.05) is 0 Å². The van der Waals surface area contributed by atoms with Crippen molar-refractivity contribution < 1.29 is 37.0 Å². The van der Waals surface area contributed by atoms with Crippen molar-refractivity contribution in [3.05, 3.63) is 52.5 Å². The topological polar surface area (TPSA) is 73.9 Å². The highest BCUT2D eigenvalue weighted by molar-refractivity contribution is 6.32. The number of amides is 2. The third-order valence-corrected chi connectivity index (χ3v) is 4.94. The van der Waals surface area contributed by atoms with Gasteiger partial charge in [-0.3, -0.25) is 10.1 Å². The Morgan fingerprint density at radius 1 is 1.14 bits per heavy atom. The van der Waals surface area contributed by atoms with E-state index in [0.717, 1.165) is 18.2 Å². The van der Waals surface area contributed by atoms with E-state index in [4.69, 9.17) is 25.8 Å². The molecule has 10 heteroatoms. The average Bonchev–Trinajstić information content (AvgIpc) is 3.00. The Bertz CT molecular complexity index is 994. The Morgan fingerprint density at radius 3 is 2.59 bits per heavy atom. The standard InChI is InChI=1S/C19H13ClF3NO5/c20-13-7-9(19(21,22)23)1-4-14(13)28-10-2-3-11-12(5-6-27-15(11)8-10)16-17(25)24-18(26)29-16/h1-4,7-8,12,16H,5-6H2,(H,24,25,26)/t12-,16?/m1/s1. The highest BCUT2D eigenvalue weighted by Gasteiger charge is 2.41. The fraction of sp³-hybridized carbons (Fsp3) is 0.263. The number of cyclic esters (lactones) is 1. The predicted molar refractivity (Wildman–Crippen MR) is 94.2 cm³/mol. The SMILES string of the molecule is O=C1NC(=O)C([C@@H]2CCOc3cc(Oc4ccc(C(F)(F)F)cc4Cl)ccc32)O1. The summed E-state index contributed by atoms with van der Waals surface area (Å²) in [6.07, 6.45) is -5.76. The van der Waals surface area contributed by atoms with Gasteiger partial charge >= 0.3 is 12.3 Å². The normalized spacial score (nSPS) is 21.1. The van der Waals surface area contributed by atoms with Crippen molar-refractivity contribution in [1.82, 2.24) is 5.32 Å². The van der Waals surface area contributed by atoms with Gasteiger partial charge in [0.05, 0.1) is 17.2 Å². The molecule has 1 fully saturated rings. The second kappa shape index (κ2) is 7.14. The summed E-state index contributed by atoms with van der Waals surface area (Å²) in [6, 6.07) is 7.57. The molecule has 0 radical (unpaired) electrons. The van der Waals surface area contributed by atoms with Crippen LogP contribution in [-0.4, -0.2) is 24.7 Å². The molecule has 152 valence electrons. The minimum absolute atomic E-state index is 0.0519. The number of carbonyl (C=O) groups excluding carboxylic acids is 2. The molecule has 2 aliphatic heterocycles. The van der Waals surface area contributed by atoms with Gasteiger partial charge in [-0.15, -0.1) is 0 Å². The first kappa shape index (κ1) is 19.4. The summed E-state index contributed by atoms with van der Waals surface area (Å²) >= 11 is 5.92. The lowest BCUT2D eigenvalue weighted by atomic mass is 9.88. The molecule has 0 spiro atoms. The van der Waals surface area contributed by atoms with Gasteiger partial charge in [-0.2, -0.15) is 13.2 Å². The molecule has 0 aromatic heterocycles. The van der Waals surface area contributed by atoms with E-state index in [9.17, 15) is 22.8 Å². The number of hydrogen-bond acceptors (Lipinski definition) is 5. The van der Waals surface area contributed by atoms with Crippen molar-refractivity contribution in [2.24, 2.45) is 0 Å². The van der Waals surface area contributed by atoms with Crippen LogP contribution in [0.5, 0.6) is 17.2 Å². The van der Waals surface area contributed by atoms with Crippen molar-refractivity contribution in [2.45, 2.75) is 24.6 Å². The number of nitrogens with one attached hydrogen (secondary N) is 1. The van der Waals surface area contributed by atoms with Crippen LogP contribution >= 0.6 is 11.6 Å². The van der Waals surface area contributed by atoms with E-state index in [1.165, 1.54) is 0 Å². The Balaban J connectivity index is 1.57. The smallest absolute Gasteiger partial charge is 0.416 e. The number of fused-ring (bicyclic) bond motifs is 1. The lowest BCUT2D eigenvalue weighted by Crippen LogP contribution is -2.32. The number of alkyl halides is 3. The zero-order chi connectivity index (χ0) is 20.8. The number of rotatable bonds is 3. The van der Waals surface area contributed by atoms with Crippen LogP contribution in [-0.2, 0) is 15.7 Å². The van der Waals surface area contributed by atoms with Crippen molar-refractivity contribution in [3.8, 4) is 17.2 Å². The average molecular weight is 428 g/mol. The number of alkyl carbamates (subject to hydrolysis) is 1. The Labute approximate surface area is 167 Å². The third-order valence-electron chi connectivity index (χ3n) is 4.64. The van der Waals surface area contributed by atoms with Crippen LogP contribution in [0, 0.1) is 0 Å². The summed E-state index contributed by atoms with van der Waals surface area (Å²) in [4.78, 5) is 23.2. The van der Waals surface area contributed by atoms with Crippen molar-refractivity contribution in [3.63, 3.8) is 0 Å². The molecule has 2 heterocycles. The van der Waals surface area contributed by atoms with Crippen LogP contribution in [0.4, 0.5) is 18.0 Å². The number of ether oxygens (including phenoxy) is 3. The first-order valence-corrected chi connectivity index (χ1v) is 8.93. The number of benzene rings is 2. The first-order valence-electron chi connectivity index (χ1n) is 8.55. The van der Waals surface area contributed by atoms with Gasteiger partial charge < -0.3 is 14.2 Å². The molecule has 0 aliphatic carbocycles. The maximum Gasteiger partial charge on any atom is 0.416 e. The van der Waals surface area contributed by atoms with Gasteiger partial charge in [0, 0.05) is 17.5 Å². The summed E-state index contributed by atoms with van der Waals surface area (Å²) in [6.45, 7) is 0.295. The molecule has 4 rings (SSSR count). The van der Waals surface area contributed by atoms with E-state index in [1.54, 1.807) is 18.2 Å². The Kier molecular flexibility index (Phi) is 4.77. The van der Waals surface area contributed by atoms with E-state index in [-0.39, 0.29) is 16.7 Å². The molecule has 29 heavy (non-hydrogen) atoms. The molecule has 2 amide bonds. The second-order valence-corrected chi connectivity index (χ2v) is 6.91. The summed E-state index contributed by atoms with van der Waals surface area (Å²) in [5, 5.41) is 1.91. The molecule has 0 saturated carbocycles. The van der Waals surface area contributed by atoms with Gasteiger partial charge in [-0.05, 0) is 30.7 Å². The quantitative estimate of drug-likeness (QED) is 0.771. The molecule has 0 bridgehead atoms. The van der Waals surface area contributed by atoms with Crippen molar-refractivity contribution in [2.75, 3.05) is 6.61 Å². The fourth-order valence-electron chi connectivity index (χ4n) is 3.30. The largest absolute Gasteiger partial charge is 0.493 e. The highest BCUT2D eigenvalue weighted by atomic mass is 35.5. The molecule has 2 aromatic rings. The van der Waals surface area contributed by atoms with Crippen molar-refractivity contribution in [1.29, 1.82) is 0 Å². The molecule has 2 aliphatic rings. The summed E-state index contributed by atoms with van der Waals surface area (Å²) < 4.78 is 54.5. The van der Waals surface area contributed by atoms with Gasteiger partial charge in [0.15, 0.2) is 6.10 Å². The first-order chi connectivity index (χ1) is 13.7. The summed E-state index contributed by atoms with van der Waals surface area (Å²) in [5.41, 5.74) is -0.215. The number of hydrogen-bond donors (Lipinski definition) is 1. The maximum absolute atomic E-state index is 12.8. The summed E-state index contributed by atoms with van der Waals surface area (Å²) in [7, 11) is 0. The van der Waals surface area contributed by atoms with E-state index >= 15 is 0 Å². The predicted octanol–water partition coefficient (Wildman–Crippen LogP) is 4.65. The van der Waals surface area contributed by atoms with Crippen LogP contribution in [0.15, 0.2) is 36.4 Å². The number of halogens is 4. The zero-order valence-electron chi connectivity index (χ0n) is 14.6. The minimum Gasteiger partial charge on any atom is -0.493 e. The van der Waals surface area contributed by atoms with E-state index in [0.29, 0.717) is 30.1 Å². The molecule has 6 nitrogen and oxygen atoms in total. The number of imide groups is 1.